The lowest BCUT2D eigenvalue weighted by atomic mass is 10.1. The predicted octanol–water partition coefficient (Wildman–Crippen LogP) is 3.33. The van der Waals surface area contributed by atoms with E-state index in [1.165, 1.54) is 7.11 Å². The van der Waals surface area contributed by atoms with E-state index >= 15 is 0 Å². The molecule has 4 rings (SSSR count). The van der Waals surface area contributed by atoms with E-state index in [0.29, 0.717) is 12.3 Å². The molecule has 24 heavy (non-hydrogen) atoms. The van der Waals surface area contributed by atoms with Gasteiger partial charge >= 0.3 is 5.97 Å². The molecule has 0 amide bonds. The van der Waals surface area contributed by atoms with Crippen LogP contribution in [0.15, 0.2) is 30.3 Å². The van der Waals surface area contributed by atoms with Crippen LogP contribution in [0.3, 0.4) is 0 Å². The van der Waals surface area contributed by atoms with Gasteiger partial charge in [0.05, 0.1) is 24.9 Å². The number of ether oxygens (including phenoxy) is 3. The van der Waals surface area contributed by atoms with Crippen LogP contribution in [-0.2, 0) is 14.2 Å². The number of methoxy groups -OCH3 is 1. The fourth-order valence-electron chi connectivity index (χ4n) is 3.13. The maximum atomic E-state index is 12.0. The average Bonchev–Trinajstić information content (AvgIpc) is 3.13. The van der Waals surface area contributed by atoms with Crippen molar-refractivity contribution in [3.05, 3.63) is 41.7 Å². The minimum absolute atomic E-state index is 0.262. The number of hydrogen-bond donors (Lipinski definition) is 1. The summed E-state index contributed by atoms with van der Waals surface area (Å²) in [7, 11) is 1.35. The van der Waals surface area contributed by atoms with E-state index in [4.69, 9.17) is 14.2 Å². The number of esters is 1. The fourth-order valence-corrected chi connectivity index (χ4v) is 3.13. The Hall–Kier alpha value is -2.44. The first-order chi connectivity index (χ1) is 11.5. The molecule has 1 saturated heterocycles. The standard InChI is InChI=1S/C18H18N2O4/c1-18(2)23-9-14(24-18)16-15-11(8-13(20-16)17(21)22-3)10-6-4-5-7-12(10)19-15/h4-8,14,19H,9H2,1-3H3/t14-/m1/s1. The molecule has 6 nitrogen and oxygen atoms in total. The quantitative estimate of drug-likeness (QED) is 0.731. The number of nitrogens with zero attached hydrogens (tertiary/aromatic N) is 1. The molecule has 0 bridgehead atoms. The lowest BCUT2D eigenvalue weighted by Crippen LogP contribution is -2.20. The van der Waals surface area contributed by atoms with Crippen molar-refractivity contribution in [3.8, 4) is 0 Å². The van der Waals surface area contributed by atoms with Crippen molar-refractivity contribution in [1.29, 1.82) is 0 Å². The van der Waals surface area contributed by atoms with E-state index in [9.17, 15) is 4.79 Å². The van der Waals surface area contributed by atoms with Gasteiger partial charge in [-0.05, 0) is 26.0 Å². The molecule has 6 heteroatoms. The molecule has 124 valence electrons. The van der Waals surface area contributed by atoms with Crippen LogP contribution in [0, 0.1) is 0 Å². The van der Waals surface area contributed by atoms with E-state index < -0.39 is 11.8 Å². The van der Waals surface area contributed by atoms with Gasteiger partial charge in [0.25, 0.3) is 0 Å². The number of carbonyl (C=O) groups is 1. The van der Waals surface area contributed by atoms with Crippen molar-refractivity contribution in [2.24, 2.45) is 0 Å². The van der Waals surface area contributed by atoms with Crippen LogP contribution in [0.5, 0.6) is 0 Å². The van der Waals surface area contributed by atoms with Crippen molar-refractivity contribution in [2.75, 3.05) is 13.7 Å². The molecule has 0 saturated carbocycles. The van der Waals surface area contributed by atoms with Crippen LogP contribution >= 0.6 is 0 Å². The van der Waals surface area contributed by atoms with E-state index in [-0.39, 0.29) is 11.8 Å². The summed E-state index contributed by atoms with van der Waals surface area (Å²) in [4.78, 5) is 19.9. The molecule has 3 heterocycles. The summed E-state index contributed by atoms with van der Waals surface area (Å²) in [5, 5.41) is 1.95. The molecule has 0 unspecified atom stereocenters. The number of para-hydroxylation sites is 1. The van der Waals surface area contributed by atoms with Gasteiger partial charge in [0.2, 0.25) is 0 Å². The summed E-state index contributed by atoms with van der Waals surface area (Å²) >= 11 is 0. The van der Waals surface area contributed by atoms with Gasteiger partial charge in [0, 0.05) is 16.3 Å². The first-order valence-corrected chi connectivity index (χ1v) is 7.80. The fraction of sp³-hybridized carbons (Fsp3) is 0.333. The number of nitrogens with one attached hydrogen (secondary N) is 1. The SMILES string of the molecule is COC(=O)c1cc2c([nH]c3ccccc32)c([C@H]2COC(C)(C)O2)n1. The van der Waals surface area contributed by atoms with Crippen LogP contribution in [0.4, 0.5) is 0 Å². The Bertz CT molecular complexity index is 945. The summed E-state index contributed by atoms with van der Waals surface area (Å²) in [5.74, 6) is -1.15. The third-order valence-electron chi connectivity index (χ3n) is 4.23. The Kier molecular flexibility index (Phi) is 3.33. The van der Waals surface area contributed by atoms with Gasteiger partial charge in [0.1, 0.15) is 11.8 Å². The highest BCUT2D eigenvalue weighted by molar-refractivity contribution is 6.09. The lowest BCUT2D eigenvalue weighted by Gasteiger charge is -2.17. The monoisotopic (exact) mass is 326 g/mol. The third-order valence-corrected chi connectivity index (χ3v) is 4.23. The number of fused-ring (bicyclic) bond motifs is 3. The third kappa shape index (κ3) is 2.35. The van der Waals surface area contributed by atoms with Crippen molar-refractivity contribution < 1.29 is 19.0 Å². The maximum Gasteiger partial charge on any atom is 0.356 e. The smallest absolute Gasteiger partial charge is 0.356 e. The van der Waals surface area contributed by atoms with Crippen LogP contribution in [0.25, 0.3) is 21.8 Å². The lowest BCUT2D eigenvalue weighted by molar-refractivity contribution is -0.139. The summed E-state index contributed by atoms with van der Waals surface area (Å²) < 4.78 is 16.5. The second-order valence-electron chi connectivity index (χ2n) is 6.29. The zero-order valence-electron chi connectivity index (χ0n) is 13.8. The summed E-state index contributed by atoms with van der Waals surface area (Å²) in [6.45, 7) is 4.11. The molecule has 0 aliphatic carbocycles. The Labute approximate surface area is 138 Å². The van der Waals surface area contributed by atoms with Gasteiger partial charge in [-0.2, -0.15) is 0 Å². The van der Waals surface area contributed by atoms with Crippen LogP contribution < -0.4 is 0 Å². The molecule has 1 aliphatic heterocycles. The van der Waals surface area contributed by atoms with Crippen molar-refractivity contribution in [3.63, 3.8) is 0 Å². The Morgan fingerprint density at radius 3 is 2.83 bits per heavy atom. The van der Waals surface area contributed by atoms with E-state index in [0.717, 1.165) is 21.8 Å². The van der Waals surface area contributed by atoms with E-state index in [1.54, 1.807) is 6.07 Å². The largest absolute Gasteiger partial charge is 0.464 e. The molecule has 0 radical (unpaired) electrons. The zero-order valence-corrected chi connectivity index (χ0v) is 13.8. The first-order valence-electron chi connectivity index (χ1n) is 7.80. The maximum absolute atomic E-state index is 12.0. The van der Waals surface area contributed by atoms with E-state index in [1.807, 2.05) is 38.1 Å². The number of rotatable bonds is 2. The average molecular weight is 326 g/mol. The number of pyridine rings is 1. The van der Waals surface area contributed by atoms with Crippen LogP contribution in [-0.4, -0.2) is 35.4 Å². The normalized spacial score (nSPS) is 19.9. The second kappa shape index (κ2) is 5.29. The number of H-pyrrole nitrogens is 1. The molecular formula is C18H18N2O4. The Balaban J connectivity index is 1.98. The minimum atomic E-state index is -0.675. The number of carbonyl (C=O) groups excluding carboxylic acids is 1. The highest BCUT2D eigenvalue weighted by Gasteiger charge is 2.36. The topological polar surface area (TPSA) is 73.4 Å². The van der Waals surface area contributed by atoms with Crippen molar-refractivity contribution in [2.45, 2.75) is 25.7 Å². The van der Waals surface area contributed by atoms with Crippen molar-refractivity contribution in [1.82, 2.24) is 9.97 Å². The number of hydrogen-bond acceptors (Lipinski definition) is 5. The van der Waals surface area contributed by atoms with Gasteiger partial charge in [-0.1, -0.05) is 18.2 Å². The van der Waals surface area contributed by atoms with Gasteiger partial charge in [-0.25, -0.2) is 9.78 Å². The van der Waals surface area contributed by atoms with Gasteiger partial charge in [0.15, 0.2) is 5.79 Å². The molecule has 1 fully saturated rings. The molecule has 0 spiro atoms. The second-order valence-corrected chi connectivity index (χ2v) is 6.29. The molecule has 1 atom stereocenters. The molecular weight excluding hydrogens is 308 g/mol. The molecule has 2 aromatic heterocycles. The highest BCUT2D eigenvalue weighted by Crippen LogP contribution is 2.37. The predicted molar refractivity (Wildman–Crippen MR) is 88.8 cm³/mol. The molecule has 3 aromatic rings. The summed E-state index contributed by atoms with van der Waals surface area (Å²) in [6.07, 6.45) is -0.347. The first kappa shape index (κ1) is 15.1. The molecule has 1 aromatic carbocycles. The number of aromatic amines is 1. The Morgan fingerprint density at radius 2 is 2.12 bits per heavy atom. The Morgan fingerprint density at radius 1 is 1.33 bits per heavy atom. The van der Waals surface area contributed by atoms with Crippen LogP contribution in [0.2, 0.25) is 0 Å². The van der Waals surface area contributed by atoms with Crippen molar-refractivity contribution >= 4 is 27.8 Å². The highest BCUT2D eigenvalue weighted by atomic mass is 16.7. The minimum Gasteiger partial charge on any atom is -0.464 e. The summed E-state index contributed by atoms with van der Waals surface area (Å²) in [6, 6.07) is 9.68. The van der Waals surface area contributed by atoms with E-state index in [2.05, 4.69) is 9.97 Å². The van der Waals surface area contributed by atoms with Gasteiger partial charge in [-0.3, -0.25) is 0 Å². The summed E-state index contributed by atoms with van der Waals surface area (Å²) in [5.41, 5.74) is 2.76. The molecule has 1 N–H and O–H groups in total. The van der Waals surface area contributed by atoms with Gasteiger partial charge < -0.3 is 19.2 Å². The van der Waals surface area contributed by atoms with Crippen LogP contribution in [0.1, 0.15) is 36.1 Å². The van der Waals surface area contributed by atoms with Gasteiger partial charge in [-0.15, -0.1) is 0 Å². The number of benzene rings is 1. The molecule has 1 aliphatic rings. The zero-order chi connectivity index (χ0) is 16.9. The number of aromatic nitrogens is 2.